The van der Waals surface area contributed by atoms with Gasteiger partial charge in [0.2, 0.25) is 5.91 Å². The largest absolute Gasteiger partial charge is 0.351 e. The molecule has 112 valence electrons. The molecular weight excluding hydrogens is 278 g/mol. The Kier molecular flexibility index (Phi) is 3.14. The Labute approximate surface area is 127 Å². The number of amides is 1. The van der Waals surface area contributed by atoms with Crippen LogP contribution in [0, 0.1) is 0 Å². The summed E-state index contributed by atoms with van der Waals surface area (Å²) in [5.74, 6) is 0.0288. The molecule has 6 heteroatoms. The highest BCUT2D eigenvalue weighted by Crippen LogP contribution is 2.14. The molecule has 6 nitrogen and oxygen atoms in total. The molecular formula is C16H17N5O. The van der Waals surface area contributed by atoms with E-state index in [-0.39, 0.29) is 11.9 Å². The molecule has 0 saturated heterocycles. The van der Waals surface area contributed by atoms with Crippen LogP contribution in [-0.4, -0.2) is 31.3 Å². The number of carbonyl (C=O) groups excluding carboxylic acids is 1. The summed E-state index contributed by atoms with van der Waals surface area (Å²) >= 11 is 0. The summed E-state index contributed by atoms with van der Waals surface area (Å²) in [4.78, 5) is 16.6. The molecule has 0 saturated carbocycles. The zero-order chi connectivity index (χ0) is 14.9. The second kappa shape index (κ2) is 5.29. The quantitative estimate of drug-likeness (QED) is 0.793. The van der Waals surface area contributed by atoms with E-state index in [9.17, 15) is 4.79 Å². The average Bonchev–Trinajstić information content (AvgIpc) is 3.14. The van der Waals surface area contributed by atoms with E-state index >= 15 is 0 Å². The van der Waals surface area contributed by atoms with Crippen LogP contribution in [0.5, 0.6) is 0 Å². The van der Waals surface area contributed by atoms with Gasteiger partial charge in [-0.2, -0.15) is 5.10 Å². The first-order valence-corrected chi connectivity index (χ1v) is 7.49. The van der Waals surface area contributed by atoms with Gasteiger partial charge in [0.25, 0.3) is 0 Å². The van der Waals surface area contributed by atoms with Crippen LogP contribution in [-0.2, 0) is 24.3 Å². The van der Waals surface area contributed by atoms with Crippen LogP contribution in [0.3, 0.4) is 0 Å². The third-order valence-corrected chi connectivity index (χ3v) is 4.16. The van der Waals surface area contributed by atoms with Crippen molar-refractivity contribution in [2.45, 2.75) is 32.0 Å². The fourth-order valence-corrected chi connectivity index (χ4v) is 3.05. The van der Waals surface area contributed by atoms with Crippen LogP contribution in [0.2, 0.25) is 0 Å². The minimum Gasteiger partial charge on any atom is -0.351 e. The SMILES string of the molecule is O=C(Cn1cnc2ccccc21)N[C@H]1CCn2nccc2C1. The summed E-state index contributed by atoms with van der Waals surface area (Å²) < 4.78 is 3.89. The summed E-state index contributed by atoms with van der Waals surface area (Å²) in [7, 11) is 0. The van der Waals surface area contributed by atoms with Gasteiger partial charge in [-0.3, -0.25) is 9.48 Å². The van der Waals surface area contributed by atoms with Crippen molar-refractivity contribution in [2.24, 2.45) is 0 Å². The van der Waals surface area contributed by atoms with Gasteiger partial charge in [-0.05, 0) is 24.6 Å². The molecule has 0 spiro atoms. The van der Waals surface area contributed by atoms with Gasteiger partial charge in [0.15, 0.2) is 0 Å². The van der Waals surface area contributed by atoms with Crippen molar-refractivity contribution in [3.8, 4) is 0 Å². The third kappa shape index (κ3) is 2.36. The predicted octanol–water partition coefficient (Wildman–Crippen LogP) is 1.36. The van der Waals surface area contributed by atoms with Crippen molar-refractivity contribution in [3.63, 3.8) is 0 Å². The lowest BCUT2D eigenvalue weighted by Gasteiger charge is -2.24. The van der Waals surface area contributed by atoms with E-state index in [1.165, 1.54) is 5.69 Å². The molecule has 3 heterocycles. The fraction of sp³-hybridized carbons (Fsp3) is 0.312. The zero-order valence-electron chi connectivity index (χ0n) is 12.1. The maximum Gasteiger partial charge on any atom is 0.240 e. The fourth-order valence-electron chi connectivity index (χ4n) is 3.05. The molecule has 4 rings (SSSR count). The van der Waals surface area contributed by atoms with Gasteiger partial charge in [0, 0.05) is 30.9 Å². The number of fused-ring (bicyclic) bond motifs is 2. The molecule has 0 aliphatic carbocycles. The zero-order valence-corrected chi connectivity index (χ0v) is 12.1. The Hall–Kier alpha value is -2.63. The molecule has 2 aromatic heterocycles. The topological polar surface area (TPSA) is 64.7 Å². The Morgan fingerprint density at radius 1 is 1.32 bits per heavy atom. The van der Waals surface area contributed by atoms with E-state index in [2.05, 4.69) is 15.4 Å². The summed E-state index contributed by atoms with van der Waals surface area (Å²) in [6.07, 6.45) is 5.30. The lowest BCUT2D eigenvalue weighted by molar-refractivity contribution is -0.122. The molecule has 0 fully saturated rings. The molecule has 0 unspecified atom stereocenters. The van der Waals surface area contributed by atoms with Crippen molar-refractivity contribution in [2.75, 3.05) is 0 Å². The second-order valence-corrected chi connectivity index (χ2v) is 5.66. The highest BCUT2D eigenvalue weighted by atomic mass is 16.2. The van der Waals surface area contributed by atoms with Gasteiger partial charge in [-0.15, -0.1) is 0 Å². The number of aryl methyl sites for hydroxylation is 1. The number of benzene rings is 1. The highest BCUT2D eigenvalue weighted by Gasteiger charge is 2.20. The molecule has 1 aliphatic rings. The smallest absolute Gasteiger partial charge is 0.240 e. The number of nitrogens with zero attached hydrogens (tertiary/aromatic N) is 4. The number of carbonyl (C=O) groups is 1. The monoisotopic (exact) mass is 295 g/mol. The van der Waals surface area contributed by atoms with E-state index in [0.717, 1.165) is 30.4 Å². The maximum atomic E-state index is 12.3. The minimum absolute atomic E-state index is 0.0288. The molecule has 1 atom stereocenters. The number of nitrogens with one attached hydrogen (secondary N) is 1. The molecule has 22 heavy (non-hydrogen) atoms. The van der Waals surface area contributed by atoms with Gasteiger partial charge in [0.1, 0.15) is 6.54 Å². The molecule has 1 amide bonds. The first kappa shape index (κ1) is 13.1. The van der Waals surface area contributed by atoms with Gasteiger partial charge in [0.05, 0.1) is 17.4 Å². The van der Waals surface area contributed by atoms with E-state index < -0.39 is 0 Å². The summed E-state index contributed by atoms with van der Waals surface area (Å²) in [5.41, 5.74) is 3.08. The first-order valence-electron chi connectivity index (χ1n) is 7.49. The van der Waals surface area contributed by atoms with Crippen LogP contribution >= 0.6 is 0 Å². The van der Waals surface area contributed by atoms with Crippen LogP contribution in [0.4, 0.5) is 0 Å². The van der Waals surface area contributed by atoms with Crippen LogP contribution in [0.1, 0.15) is 12.1 Å². The lowest BCUT2D eigenvalue weighted by Crippen LogP contribution is -2.41. The number of aromatic nitrogens is 4. The first-order chi connectivity index (χ1) is 10.8. The standard InChI is InChI=1S/C16H17N5O/c22-16(10-20-11-17-14-3-1-2-4-15(14)20)19-12-6-8-21-13(9-12)5-7-18-21/h1-5,7,11-12H,6,8-10H2,(H,19,22)/t12-/m0/s1. The highest BCUT2D eigenvalue weighted by molar-refractivity contribution is 5.80. The third-order valence-electron chi connectivity index (χ3n) is 4.16. The van der Waals surface area contributed by atoms with Crippen molar-refractivity contribution in [1.29, 1.82) is 0 Å². The second-order valence-electron chi connectivity index (χ2n) is 5.66. The lowest BCUT2D eigenvalue weighted by atomic mass is 10.0. The molecule has 1 aliphatic heterocycles. The molecule has 0 bridgehead atoms. The van der Waals surface area contributed by atoms with E-state index in [1.807, 2.05) is 45.8 Å². The van der Waals surface area contributed by atoms with Crippen molar-refractivity contribution < 1.29 is 4.79 Å². The Morgan fingerprint density at radius 2 is 2.23 bits per heavy atom. The maximum absolute atomic E-state index is 12.3. The van der Waals surface area contributed by atoms with Crippen LogP contribution < -0.4 is 5.32 Å². The Bertz CT molecular complexity index is 819. The predicted molar refractivity (Wildman–Crippen MR) is 82.2 cm³/mol. The number of hydrogen-bond donors (Lipinski definition) is 1. The van der Waals surface area contributed by atoms with Gasteiger partial charge in [-0.25, -0.2) is 4.98 Å². The van der Waals surface area contributed by atoms with Gasteiger partial charge in [-0.1, -0.05) is 12.1 Å². The van der Waals surface area contributed by atoms with Crippen molar-refractivity contribution in [1.82, 2.24) is 24.6 Å². The number of para-hydroxylation sites is 2. The number of hydrogen-bond acceptors (Lipinski definition) is 3. The van der Waals surface area contributed by atoms with Gasteiger partial charge >= 0.3 is 0 Å². The molecule has 3 aromatic rings. The Balaban J connectivity index is 1.43. The normalized spacial score (nSPS) is 17.4. The summed E-state index contributed by atoms with van der Waals surface area (Å²) in [6.45, 7) is 1.16. The molecule has 1 aromatic carbocycles. The number of rotatable bonds is 3. The molecule has 1 N–H and O–H groups in total. The van der Waals surface area contributed by atoms with E-state index in [0.29, 0.717) is 6.54 Å². The van der Waals surface area contributed by atoms with Crippen LogP contribution in [0.15, 0.2) is 42.9 Å². The summed E-state index contributed by atoms with van der Waals surface area (Å²) in [6, 6.07) is 10.0. The van der Waals surface area contributed by atoms with Crippen molar-refractivity contribution >= 4 is 16.9 Å². The Morgan fingerprint density at radius 3 is 3.18 bits per heavy atom. The van der Waals surface area contributed by atoms with Crippen molar-refractivity contribution in [3.05, 3.63) is 48.5 Å². The number of imidazole rings is 1. The van der Waals surface area contributed by atoms with E-state index in [1.54, 1.807) is 6.33 Å². The van der Waals surface area contributed by atoms with Gasteiger partial charge < -0.3 is 9.88 Å². The molecule has 0 radical (unpaired) electrons. The van der Waals surface area contributed by atoms with E-state index in [4.69, 9.17) is 0 Å². The minimum atomic E-state index is 0.0288. The average molecular weight is 295 g/mol. The van der Waals surface area contributed by atoms with Crippen LogP contribution in [0.25, 0.3) is 11.0 Å². The summed E-state index contributed by atoms with van der Waals surface area (Å²) in [5, 5.41) is 7.38.